The van der Waals surface area contributed by atoms with Crippen LogP contribution >= 0.6 is 11.3 Å². The normalized spacial score (nSPS) is 9.54. The molecule has 0 fully saturated rings. The van der Waals surface area contributed by atoms with Gasteiger partial charge in [0.15, 0.2) is 5.52 Å². The fourth-order valence-corrected chi connectivity index (χ4v) is 1.72. The molecule has 0 saturated heterocycles. The van der Waals surface area contributed by atoms with Crippen LogP contribution in [0.5, 0.6) is 0 Å². The molecule has 0 spiro atoms. The van der Waals surface area contributed by atoms with Crippen molar-refractivity contribution < 1.29 is 35.9 Å². The fraction of sp³-hybridized carbons (Fsp3) is 0. The number of thiazole rings is 1. The number of hydrogen-bond acceptors (Lipinski definition) is 4. The van der Waals surface area contributed by atoms with Gasteiger partial charge in [-0.05, 0) is 33.4 Å². The van der Waals surface area contributed by atoms with Crippen LogP contribution in [0.1, 0.15) is 1.43 Å². The average Bonchev–Trinajstić information content (AvgIpc) is 2.46. The minimum atomic E-state index is -0.468. The number of fused-ring (bicyclic) bond motifs is 1. The van der Waals surface area contributed by atoms with Crippen LogP contribution < -0.4 is 29.6 Å². The molecule has 2 aromatic rings. The smallest absolute Gasteiger partial charge is 1.00 e. The molecule has 0 N–H and O–H groups in total. The van der Waals surface area contributed by atoms with Crippen molar-refractivity contribution in [2.24, 2.45) is 0 Å². The Labute approximate surface area is 102 Å². The number of hydrogen-bond donors (Lipinski definition) is 0. The molecule has 1 aromatic heterocycles. The van der Waals surface area contributed by atoms with Gasteiger partial charge in [-0.15, -0.1) is 0 Å². The van der Waals surface area contributed by atoms with E-state index in [0.29, 0.717) is 5.52 Å². The van der Waals surface area contributed by atoms with Crippen molar-refractivity contribution >= 4 is 26.7 Å². The van der Waals surface area contributed by atoms with Crippen LogP contribution in [-0.2, 0) is 0 Å². The quantitative estimate of drug-likeness (QED) is 0.351. The van der Waals surface area contributed by atoms with Crippen LogP contribution in [0.3, 0.4) is 0 Å². The zero-order valence-electron chi connectivity index (χ0n) is 7.93. The maximum absolute atomic E-state index is 10.3. The van der Waals surface area contributed by atoms with E-state index in [2.05, 4.69) is 4.98 Å². The Morgan fingerprint density at radius 2 is 2.15 bits per heavy atom. The van der Waals surface area contributed by atoms with Crippen molar-refractivity contribution in [1.82, 2.24) is 4.98 Å². The van der Waals surface area contributed by atoms with E-state index in [1.807, 2.05) is 18.2 Å². The molecule has 13 heavy (non-hydrogen) atoms. The Morgan fingerprint density at radius 3 is 2.77 bits per heavy atom. The third-order valence-corrected chi connectivity index (χ3v) is 2.43. The van der Waals surface area contributed by atoms with Crippen LogP contribution in [0.25, 0.3) is 10.2 Å². The Balaban J connectivity index is 0.000000845. The van der Waals surface area contributed by atoms with Gasteiger partial charge in [-0.2, -0.15) is 0 Å². The largest absolute Gasteiger partial charge is 1.00 e. The first-order valence-corrected chi connectivity index (χ1v) is 4.09. The van der Waals surface area contributed by atoms with E-state index in [1.54, 1.807) is 6.07 Å². The van der Waals surface area contributed by atoms with Crippen molar-refractivity contribution in [1.29, 1.82) is 0 Å². The second-order valence-electron chi connectivity index (χ2n) is 2.22. The van der Waals surface area contributed by atoms with Crippen LogP contribution in [0.2, 0.25) is 0 Å². The summed E-state index contributed by atoms with van der Waals surface area (Å²) in [5, 5.41) is 10.3. The SMILES string of the molecule is O=[N+]([O-])c1nc2ccccc2s1.[H-].[Na+]. The molecule has 0 saturated carbocycles. The van der Waals surface area contributed by atoms with Gasteiger partial charge in [0.2, 0.25) is 0 Å². The number of aromatic nitrogens is 1. The summed E-state index contributed by atoms with van der Waals surface area (Å²) in [6, 6.07) is 7.23. The first kappa shape index (κ1) is 10.6. The average molecular weight is 204 g/mol. The predicted molar refractivity (Wildman–Crippen MR) is 47.4 cm³/mol. The van der Waals surface area contributed by atoms with E-state index in [-0.39, 0.29) is 36.1 Å². The number of rotatable bonds is 1. The molecular formula is C7H5N2NaO2S. The molecular weight excluding hydrogens is 199 g/mol. The van der Waals surface area contributed by atoms with Gasteiger partial charge in [-0.3, -0.25) is 0 Å². The monoisotopic (exact) mass is 204 g/mol. The van der Waals surface area contributed by atoms with Crippen molar-refractivity contribution in [2.75, 3.05) is 0 Å². The standard InChI is InChI=1S/C7H4N2O2S.Na.H/c10-9(11)7-8-5-3-1-2-4-6(5)12-7;;/h1-4H;;/q;+1;-1. The molecule has 0 atom stereocenters. The van der Waals surface area contributed by atoms with E-state index < -0.39 is 4.92 Å². The number of benzene rings is 1. The molecule has 0 unspecified atom stereocenters. The summed E-state index contributed by atoms with van der Waals surface area (Å²) in [4.78, 5) is 13.7. The molecule has 0 aliphatic carbocycles. The number of nitrogens with zero attached hydrogens (tertiary/aromatic N) is 2. The summed E-state index contributed by atoms with van der Waals surface area (Å²) in [5.74, 6) is 0. The Kier molecular flexibility index (Phi) is 3.38. The summed E-state index contributed by atoms with van der Waals surface area (Å²) in [7, 11) is 0. The van der Waals surface area contributed by atoms with E-state index in [4.69, 9.17) is 0 Å². The molecule has 62 valence electrons. The maximum Gasteiger partial charge on any atom is 1.00 e. The Hall–Kier alpha value is -0.490. The molecule has 0 radical (unpaired) electrons. The third-order valence-electron chi connectivity index (χ3n) is 1.44. The summed E-state index contributed by atoms with van der Waals surface area (Å²) in [5.41, 5.74) is 0.689. The molecule has 1 heterocycles. The van der Waals surface area contributed by atoms with Gasteiger partial charge in [0.25, 0.3) is 0 Å². The van der Waals surface area contributed by atoms with Crippen LogP contribution in [0, 0.1) is 10.1 Å². The van der Waals surface area contributed by atoms with Crippen molar-refractivity contribution in [3.63, 3.8) is 0 Å². The molecule has 0 amide bonds. The van der Waals surface area contributed by atoms with Crippen molar-refractivity contribution in [3.8, 4) is 0 Å². The van der Waals surface area contributed by atoms with E-state index in [1.165, 1.54) is 0 Å². The van der Waals surface area contributed by atoms with Crippen LogP contribution in [0.4, 0.5) is 5.13 Å². The Morgan fingerprint density at radius 1 is 1.46 bits per heavy atom. The van der Waals surface area contributed by atoms with Crippen LogP contribution in [0.15, 0.2) is 24.3 Å². The fourth-order valence-electron chi connectivity index (χ4n) is 0.938. The summed E-state index contributed by atoms with van der Waals surface area (Å²) in [6.45, 7) is 0. The van der Waals surface area contributed by atoms with Gasteiger partial charge >= 0.3 is 34.7 Å². The second-order valence-corrected chi connectivity index (χ2v) is 3.23. The van der Waals surface area contributed by atoms with E-state index >= 15 is 0 Å². The van der Waals surface area contributed by atoms with E-state index in [0.717, 1.165) is 16.0 Å². The topological polar surface area (TPSA) is 56.0 Å². The molecule has 0 aliphatic heterocycles. The molecule has 6 heteroatoms. The first-order chi connectivity index (χ1) is 5.77. The second kappa shape index (κ2) is 4.15. The van der Waals surface area contributed by atoms with Gasteiger partial charge in [0.1, 0.15) is 0 Å². The summed E-state index contributed by atoms with van der Waals surface area (Å²) in [6.07, 6.45) is 0. The van der Waals surface area contributed by atoms with Gasteiger partial charge in [-0.1, -0.05) is 12.1 Å². The van der Waals surface area contributed by atoms with Crippen molar-refractivity contribution in [2.45, 2.75) is 0 Å². The molecule has 2 rings (SSSR count). The number of nitro groups is 1. The van der Waals surface area contributed by atoms with Gasteiger partial charge < -0.3 is 11.5 Å². The zero-order chi connectivity index (χ0) is 8.55. The minimum absolute atomic E-state index is 0. The predicted octanol–water partition coefficient (Wildman–Crippen LogP) is -0.679. The maximum atomic E-state index is 10.3. The minimum Gasteiger partial charge on any atom is -1.00 e. The molecule has 4 nitrogen and oxygen atoms in total. The van der Waals surface area contributed by atoms with Gasteiger partial charge in [-0.25, -0.2) is 0 Å². The third kappa shape index (κ3) is 2.05. The van der Waals surface area contributed by atoms with Crippen molar-refractivity contribution in [3.05, 3.63) is 34.4 Å². The number of para-hydroxylation sites is 1. The first-order valence-electron chi connectivity index (χ1n) is 3.27. The molecule has 0 bridgehead atoms. The molecule has 1 aromatic carbocycles. The zero-order valence-corrected chi connectivity index (χ0v) is 9.75. The van der Waals surface area contributed by atoms with Crippen LogP contribution in [-0.4, -0.2) is 9.91 Å². The van der Waals surface area contributed by atoms with E-state index in [9.17, 15) is 10.1 Å². The van der Waals surface area contributed by atoms with Gasteiger partial charge in [0, 0.05) is 0 Å². The summed E-state index contributed by atoms with van der Waals surface area (Å²) >= 11 is 1.10. The van der Waals surface area contributed by atoms with Gasteiger partial charge in [0.05, 0.1) is 4.70 Å². The molecule has 0 aliphatic rings. The Bertz CT molecular complexity index is 415. The summed E-state index contributed by atoms with van der Waals surface area (Å²) < 4.78 is 0.851.